The maximum Gasteiger partial charge on any atom is 0.345 e. The van der Waals surface area contributed by atoms with Crippen LogP contribution in [-0.4, -0.2) is 43.2 Å². The highest BCUT2D eigenvalue weighted by Crippen LogP contribution is 2.27. The first-order chi connectivity index (χ1) is 11.5. The summed E-state index contributed by atoms with van der Waals surface area (Å²) in [6.45, 7) is 5.78. The fourth-order valence-electron chi connectivity index (χ4n) is 3.34. The third-order valence-electron chi connectivity index (χ3n) is 4.74. The zero-order chi connectivity index (χ0) is 17.3. The van der Waals surface area contributed by atoms with E-state index in [0.717, 1.165) is 24.4 Å². The van der Waals surface area contributed by atoms with Gasteiger partial charge in [0.15, 0.2) is 0 Å². The molecule has 0 atom stereocenters. The molecule has 7 heteroatoms. The van der Waals surface area contributed by atoms with E-state index >= 15 is 0 Å². The van der Waals surface area contributed by atoms with Gasteiger partial charge in [0.1, 0.15) is 5.82 Å². The second-order valence-electron chi connectivity index (χ2n) is 6.21. The van der Waals surface area contributed by atoms with Crippen molar-refractivity contribution in [2.45, 2.75) is 39.2 Å². The number of rotatable bonds is 3. The monoisotopic (exact) mass is 329 g/mol. The fraction of sp³-hybridized carbons (Fsp3) is 0.529. The van der Waals surface area contributed by atoms with Gasteiger partial charge in [0.05, 0.1) is 5.56 Å². The molecule has 1 aliphatic rings. The average molecular weight is 329 g/mol. The first-order valence-electron chi connectivity index (χ1n) is 8.37. The maximum absolute atomic E-state index is 12.7. The van der Waals surface area contributed by atoms with Crippen LogP contribution >= 0.6 is 0 Å². The number of piperidine rings is 1. The van der Waals surface area contributed by atoms with Crippen LogP contribution in [0.4, 0.5) is 0 Å². The Hall–Kier alpha value is -2.44. The Morgan fingerprint density at radius 3 is 2.67 bits per heavy atom. The minimum absolute atomic E-state index is 0.0351. The molecule has 128 valence electrons. The van der Waals surface area contributed by atoms with E-state index in [2.05, 4.69) is 10.1 Å². The van der Waals surface area contributed by atoms with Crippen LogP contribution in [-0.2, 0) is 13.6 Å². The summed E-state index contributed by atoms with van der Waals surface area (Å²) < 4.78 is 3.13. The van der Waals surface area contributed by atoms with E-state index in [9.17, 15) is 9.59 Å². The van der Waals surface area contributed by atoms with Crippen LogP contribution in [0.5, 0.6) is 0 Å². The predicted octanol–water partition coefficient (Wildman–Crippen LogP) is 1.32. The van der Waals surface area contributed by atoms with E-state index in [1.807, 2.05) is 24.8 Å². The standard InChI is InChI=1S/C17H23N5O2/c1-4-22-15(19-20(3)17(22)24)13-7-10-21(11-8-13)16(23)14-6-5-9-18-12(14)2/h5-6,9,13H,4,7-8,10-11H2,1-3H3. The van der Waals surface area contributed by atoms with Gasteiger partial charge in [0.2, 0.25) is 0 Å². The zero-order valence-electron chi connectivity index (χ0n) is 14.4. The predicted molar refractivity (Wildman–Crippen MR) is 90.0 cm³/mol. The second-order valence-corrected chi connectivity index (χ2v) is 6.21. The summed E-state index contributed by atoms with van der Waals surface area (Å²) in [6.07, 6.45) is 3.34. The summed E-state index contributed by atoms with van der Waals surface area (Å²) in [5.74, 6) is 1.10. The van der Waals surface area contributed by atoms with Gasteiger partial charge >= 0.3 is 5.69 Å². The molecule has 0 aliphatic carbocycles. The highest BCUT2D eigenvalue weighted by Gasteiger charge is 2.28. The largest absolute Gasteiger partial charge is 0.345 e. The minimum atomic E-state index is -0.0722. The summed E-state index contributed by atoms with van der Waals surface area (Å²) in [7, 11) is 1.68. The molecule has 1 fully saturated rings. The van der Waals surface area contributed by atoms with Crippen LogP contribution in [0, 0.1) is 6.92 Å². The van der Waals surface area contributed by atoms with Crippen LogP contribution < -0.4 is 5.69 Å². The van der Waals surface area contributed by atoms with E-state index in [4.69, 9.17) is 0 Å². The van der Waals surface area contributed by atoms with Gasteiger partial charge in [-0.05, 0) is 38.8 Å². The molecule has 0 saturated carbocycles. The van der Waals surface area contributed by atoms with Crippen molar-refractivity contribution in [1.29, 1.82) is 0 Å². The lowest BCUT2D eigenvalue weighted by molar-refractivity contribution is 0.0709. The van der Waals surface area contributed by atoms with Crippen LogP contribution in [0.3, 0.4) is 0 Å². The lowest BCUT2D eigenvalue weighted by Crippen LogP contribution is -2.39. The third kappa shape index (κ3) is 2.86. The molecule has 0 radical (unpaired) electrons. The number of carbonyl (C=O) groups excluding carboxylic acids is 1. The van der Waals surface area contributed by atoms with Gasteiger partial charge in [0, 0.05) is 44.5 Å². The molecule has 1 amide bonds. The number of pyridine rings is 1. The molecule has 1 aliphatic heterocycles. The summed E-state index contributed by atoms with van der Waals surface area (Å²) in [6, 6.07) is 3.62. The Morgan fingerprint density at radius 2 is 2.04 bits per heavy atom. The molecule has 7 nitrogen and oxygen atoms in total. The maximum atomic E-state index is 12.7. The van der Waals surface area contributed by atoms with Crippen molar-refractivity contribution in [3.8, 4) is 0 Å². The van der Waals surface area contributed by atoms with E-state index in [1.54, 1.807) is 23.9 Å². The summed E-state index contributed by atoms with van der Waals surface area (Å²) in [4.78, 5) is 30.8. The smallest absolute Gasteiger partial charge is 0.339 e. The highest BCUT2D eigenvalue weighted by atomic mass is 16.2. The van der Waals surface area contributed by atoms with Crippen LogP contribution in [0.15, 0.2) is 23.1 Å². The molecule has 0 bridgehead atoms. The van der Waals surface area contributed by atoms with Crippen LogP contribution in [0.1, 0.15) is 47.6 Å². The molecule has 0 unspecified atom stereocenters. The number of aromatic nitrogens is 4. The van der Waals surface area contributed by atoms with Gasteiger partial charge < -0.3 is 4.90 Å². The van der Waals surface area contributed by atoms with Crippen molar-refractivity contribution >= 4 is 5.91 Å². The van der Waals surface area contributed by atoms with Crippen molar-refractivity contribution in [3.05, 3.63) is 45.9 Å². The Bertz CT molecular complexity index is 800. The second kappa shape index (κ2) is 6.59. The van der Waals surface area contributed by atoms with E-state index in [-0.39, 0.29) is 17.5 Å². The Kier molecular flexibility index (Phi) is 4.51. The number of hydrogen-bond donors (Lipinski definition) is 0. The lowest BCUT2D eigenvalue weighted by atomic mass is 9.95. The normalized spacial score (nSPS) is 15.7. The Morgan fingerprint density at radius 1 is 1.33 bits per heavy atom. The molecule has 2 aromatic rings. The van der Waals surface area contributed by atoms with Crippen molar-refractivity contribution < 1.29 is 4.79 Å². The van der Waals surface area contributed by atoms with Crippen molar-refractivity contribution in [2.75, 3.05) is 13.1 Å². The number of likely N-dealkylation sites (tertiary alicyclic amines) is 1. The van der Waals surface area contributed by atoms with Gasteiger partial charge in [-0.15, -0.1) is 0 Å². The molecule has 3 rings (SSSR count). The minimum Gasteiger partial charge on any atom is -0.339 e. The van der Waals surface area contributed by atoms with Gasteiger partial charge in [0.25, 0.3) is 5.91 Å². The molecule has 24 heavy (non-hydrogen) atoms. The number of amides is 1. The van der Waals surface area contributed by atoms with Gasteiger partial charge in [-0.1, -0.05) is 0 Å². The number of aryl methyl sites for hydroxylation is 2. The lowest BCUT2D eigenvalue weighted by Gasteiger charge is -2.31. The summed E-state index contributed by atoms with van der Waals surface area (Å²) >= 11 is 0. The van der Waals surface area contributed by atoms with Gasteiger partial charge in [-0.25, -0.2) is 9.48 Å². The van der Waals surface area contributed by atoms with Gasteiger partial charge in [-0.2, -0.15) is 5.10 Å². The number of nitrogens with zero attached hydrogens (tertiary/aromatic N) is 5. The van der Waals surface area contributed by atoms with Crippen LogP contribution in [0.2, 0.25) is 0 Å². The first kappa shape index (κ1) is 16.4. The van der Waals surface area contributed by atoms with E-state index in [0.29, 0.717) is 25.2 Å². The van der Waals surface area contributed by atoms with E-state index in [1.165, 1.54) is 4.68 Å². The molecule has 0 aromatic carbocycles. The quantitative estimate of drug-likeness (QED) is 0.851. The highest BCUT2D eigenvalue weighted by molar-refractivity contribution is 5.95. The molecule has 2 aromatic heterocycles. The van der Waals surface area contributed by atoms with Crippen molar-refractivity contribution in [2.24, 2.45) is 7.05 Å². The molecular formula is C17H23N5O2. The first-order valence-corrected chi connectivity index (χ1v) is 8.37. The molecule has 0 spiro atoms. The summed E-state index contributed by atoms with van der Waals surface area (Å²) in [5, 5.41) is 4.40. The average Bonchev–Trinajstić information content (AvgIpc) is 2.89. The third-order valence-corrected chi connectivity index (χ3v) is 4.74. The Labute approximate surface area is 140 Å². The Balaban J connectivity index is 1.73. The van der Waals surface area contributed by atoms with Crippen LogP contribution in [0.25, 0.3) is 0 Å². The molecule has 1 saturated heterocycles. The zero-order valence-corrected chi connectivity index (χ0v) is 14.4. The fourth-order valence-corrected chi connectivity index (χ4v) is 3.34. The number of carbonyl (C=O) groups is 1. The summed E-state index contributed by atoms with van der Waals surface area (Å²) in [5.41, 5.74) is 1.35. The molecular weight excluding hydrogens is 306 g/mol. The SMILES string of the molecule is CCn1c(C2CCN(C(=O)c3cccnc3C)CC2)nn(C)c1=O. The van der Waals surface area contributed by atoms with Gasteiger partial charge in [-0.3, -0.25) is 14.3 Å². The van der Waals surface area contributed by atoms with E-state index < -0.39 is 0 Å². The molecule has 0 N–H and O–H groups in total. The van der Waals surface area contributed by atoms with Crippen molar-refractivity contribution in [3.63, 3.8) is 0 Å². The molecule has 3 heterocycles. The number of hydrogen-bond acceptors (Lipinski definition) is 4. The topological polar surface area (TPSA) is 73.0 Å². The van der Waals surface area contributed by atoms with Crippen molar-refractivity contribution in [1.82, 2.24) is 24.2 Å².